The Morgan fingerprint density at radius 2 is 1.91 bits per heavy atom. The second-order valence-electron chi connectivity index (χ2n) is 7.74. The van der Waals surface area contributed by atoms with E-state index in [1.165, 1.54) is 11.0 Å². The number of nitrogens with zero attached hydrogens (tertiary/aromatic N) is 2. The number of hydrogen-bond donors (Lipinski definition) is 0. The summed E-state index contributed by atoms with van der Waals surface area (Å²) >= 11 is 1.63. The second kappa shape index (κ2) is 9.16. The maximum absolute atomic E-state index is 13.4. The zero-order valence-corrected chi connectivity index (χ0v) is 18.8. The number of anilines is 1. The lowest BCUT2D eigenvalue weighted by Crippen LogP contribution is -2.40. The van der Waals surface area contributed by atoms with E-state index in [0.29, 0.717) is 42.9 Å². The molecular formula is C24H24N2O5S. The van der Waals surface area contributed by atoms with Gasteiger partial charge in [0.2, 0.25) is 5.91 Å². The number of amides is 1. The average molecular weight is 453 g/mol. The van der Waals surface area contributed by atoms with Gasteiger partial charge in [-0.3, -0.25) is 24.6 Å². The monoisotopic (exact) mass is 452 g/mol. The molecule has 2 aromatic rings. The first-order valence-electron chi connectivity index (χ1n) is 10.6. The molecule has 0 saturated heterocycles. The number of rotatable bonds is 6. The van der Waals surface area contributed by atoms with Gasteiger partial charge in [0.1, 0.15) is 11.4 Å². The van der Waals surface area contributed by atoms with Crippen molar-refractivity contribution in [3.05, 3.63) is 69.4 Å². The number of carbonyl (C=O) groups excluding carboxylic acids is 2. The van der Waals surface area contributed by atoms with Crippen LogP contribution in [-0.2, 0) is 9.59 Å². The van der Waals surface area contributed by atoms with E-state index in [-0.39, 0.29) is 35.4 Å². The van der Waals surface area contributed by atoms with Crippen molar-refractivity contribution in [2.45, 2.75) is 43.4 Å². The van der Waals surface area contributed by atoms with Crippen LogP contribution in [0.1, 0.15) is 44.1 Å². The van der Waals surface area contributed by atoms with Crippen molar-refractivity contribution in [2.24, 2.45) is 0 Å². The van der Waals surface area contributed by atoms with Crippen LogP contribution < -0.4 is 9.64 Å². The summed E-state index contributed by atoms with van der Waals surface area (Å²) in [6.45, 7) is 2.17. The van der Waals surface area contributed by atoms with Crippen LogP contribution in [0.25, 0.3) is 0 Å². The summed E-state index contributed by atoms with van der Waals surface area (Å²) in [6, 6.07) is 12.4. The fourth-order valence-electron chi connectivity index (χ4n) is 4.49. The van der Waals surface area contributed by atoms with Gasteiger partial charge in [0.05, 0.1) is 17.6 Å². The van der Waals surface area contributed by atoms with Crippen molar-refractivity contribution in [2.75, 3.05) is 17.8 Å². The van der Waals surface area contributed by atoms with Crippen LogP contribution in [0.3, 0.4) is 0 Å². The van der Waals surface area contributed by atoms with E-state index in [2.05, 4.69) is 0 Å². The van der Waals surface area contributed by atoms with E-state index < -0.39 is 4.92 Å². The topological polar surface area (TPSA) is 89.8 Å². The highest BCUT2D eigenvalue weighted by molar-refractivity contribution is 7.98. The van der Waals surface area contributed by atoms with Crippen molar-refractivity contribution >= 4 is 34.8 Å². The van der Waals surface area contributed by atoms with Gasteiger partial charge in [-0.1, -0.05) is 12.1 Å². The zero-order chi connectivity index (χ0) is 22.8. The standard InChI is InChI=1S/C24H24N2O5S/c1-3-31-16-9-12-19(21(13-16)26(29)30)25-20-5-4-6-22(27)24(20)18(14-23(25)28)15-7-10-17(32-2)11-8-15/h7-13,18H,3-6,14H2,1-2H3. The number of ether oxygens (including phenoxy) is 1. The summed E-state index contributed by atoms with van der Waals surface area (Å²) in [6.07, 6.45) is 3.65. The SMILES string of the molecule is CCOc1ccc(N2C(=O)CC(c3ccc(SC)cc3)C3=C2CCCC3=O)c([N+](=O)[O-])c1. The van der Waals surface area contributed by atoms with Gasteiger partial charge < -0.3 is 4.74 Å². The van der Waals surface area contributed by atoms with Crippen LogP contribution in [0.15, 0.2) is 58.6 Å². The van der Waals surface area contributed by atoms with Gasteiger partial charge in [-0.05, 0) is 55.9 Å². The van der Waals surface area contributed by atoms with E-state index in [1.54, 1.807) is 30.8 Å². The summed E-state index contributed by atoms with van der Waals surface area (Å²) in [5.41, 5.74) is 2.08. The van der Waals surface area contributed by atoms with Crippen LogP contribution in [0.5, 0.6) is 5.75 Å². The molecule has 1 unspecified atom stereocenters. The summed E-state index contributed by atoms with van der Waals surface area (Å²) in [4.78, 5) is 40.2. The van der Waals surface area contributed by atoms with Gasteiger partial charge in [0.15, 0.2) is 5.78 Å². The molecular weight excluding hydrogens is 428 g/mol. The Morgan fingerprint density at radius 1 is 1.16 bits per heavy atom. The zero-order valence-electron chi connectivity index (χ0n) is 18.0. The molecule has 0 N–H and O–H groups in total. The molecule has 4 rings (SSSR count). The number of benzene rings is 2. The normalized spacial score (nSPS) is 18.6. The smallest absolute Gasteiger partial charge is 0.297 e. The minimum Gasteiger partial charge on any atom is -0.494 e. The third-order valence-corrected chi connectivity index (χ3v) is 6.63. The Labute approximate surface area is 190 Å². The van der Waals surface area contributed by atoms with Crippen LogP contribution >= 0.6 is 11.8 Å². The molecule has 0 radical (unpaired) electrons. The molecule has 7 nitrogen and oxygen atoms in total. The fourth-order valence-corrected chi connectivity index (χ4v) is 4.90. The Bertz CT molecular complexity index is 1110. The van der Waals surface area contributed by atoms with Crippen LogP contribution in [-0.4, -0.2) is 29.5 Å². The van der Waals surface area contributed by atoms with Crippen LogP contribution in [0.4, 0.5) is 11.4 Å². The largest absolute Gasteiger partial charge is 0.494 e. The molecule has 0 fully saturated rings. The number of nitro benzene ring substituents is 1. The highest BCUT2D eigenvalue weighted by atomic mass is 32.2. The van der Waals surface area contributed by atoms with Gasteiger partial charge in [0.25, 0.3) is 5.69 Å². The number of ketones is 1. The Kier molecular flexibility index (Phi) is 6.32. The highest BCUT2D eigenvalue weighted by Crippen LogP contribution is 2.46. The predicted octanol–water partition coefficient (Wildman–Crippen LogP) is 5.24. The van der Waals surface area contributed by atoms with Gasteiger partial charge in [-0.15, -0.1) is 11.8 Å². The number of carbonyl (C=O) groups is 2. The molecule has 1 amide bonds. The third kappa shape index (κ3) is 4.02. The maximum atomic E-state index is 13.4. The molecule has 2 aromatic carbocycles. The molecule has 2 aliphatic rings. The molecule has 32 heavy (non-hydrogen) atoms. The summed E-state index contributed by atoms with van der Waals surface area (Å²) < 4.78 is 5.41. The number of Topliss-reactive ketones (excluding diaryl/α,β-unsaturated/α-hetero) is 1. The van der Waals surface area contributed by atoms with Crippen LogP contribution in [0.2, 0.25) is 0 Å². The minimum absolute atomic E-state index is 0.0104. The number of nitro groups is 1. The van der Waals surface area contributed by atoms with Gasteiger partial charge in [0, 0.05) is 34.9 Å². The maximum Gasteiger partial charge on any atom is 0.297 e. The summed E-state index contributed by atoms with van der Waals surface area (Å²) in [5, 5.41) is 11.8. The first-order chi connectivity index (χ1) is 15.4. The number of hydrogen-bond acceptors (Lipinski definition) is 6. The fraction of sp³-hybridized carbons (Fsp3) is 0.333. The van der Waals surface area contributed by atoms with Crippen molar-refractivity contribution in [1.82, 2.24) is 0 Å². The predicted molar refractivity (Wildman–Crippen MR) is 123 cm³/mol. The average Bonchev–Trinajstić information content (AvgIpc) is 2.79. The minimum atomic E-state index is -0.511. The molecule has 8 heteroatoms. The Morgan fingerprint density at radius 3 is 2.56 bits per heavy atom. The van der Waals surface area contributed by atoms with Crippen molar-refractivity contribution in [1.29, 1.82) is 0 Å². The van der Waals surface area contributed by atoms with E-state index in [0.717, 1.165) is 10.5 Å². The van der Waals surface area contributed by atoms with Crippen molar-refractivity contribution in [3.8, 4) is 5.75 Å². The van der Waals surface area contributed by atoms with Crippen molar-refractivity contribution in [3.63, 3.8) is 0 Å². The molecule has 1 aliphatic heterocycles. The van der Waals surface area contributed by atoms with Crippen LogP contribution in [0, 0.1) is 10.1 Å². The van der Waals surface area contributed by atoms with Gasteiger partial charge in [-0.2, -0.15) is 0 Å². The second-order valence-corrected chi connectivity index (χ2v) is 8.62. The highest BCUT2D eigenvalue weighted by Gasteiger charge is 2.41. The molecule has 166 valence electrons. The van der Waals surface area contributed by atoms with E-state index >= 15 is 0 Å². The Hall–Kier alpha value is -3.13. The lowest BCUT2D eigenvalue weighted by molar-refractivity contribution is -0.384. The first kappa shape index (κ1) is 22.1. The molecule has 1 aliphatic carbocycles. The molecule has 0 spiro atoms. The lowest BCUT2D eigenvalue weighted by atomic mass is 9.77. The molecule has 0 aromatic heterocycles. The van der Waals surface area contributed by atoms with Gasteiger partial charge in [-0.25, -0.2) is 0 Å². The van der Waals surface area contributed by atoms with E-state index in [9.17, 15) is 19.7 Å². The molecule has 0 bridgehead atoms. The molecule has 0 saturated carbocycles. The van der Waals surface area contributed by atoms with Crippen molar-refractivity contribution < 1.29 is 19.2 Å². The first-order valence-corrected chi connectivity index (χ1v) is 11.8. The summed E-state index contributed by atoms with van der Waals surface area (Å²) in [7, 11) is 0. The van der Waals surface area contributed by atoms with E-state index in [4.69, 9.17) is 4.74 Å². The van der Waals surface area contributed by atoms with Gasteiger partial charge >= 0.3 is 0 Å². The molecule has 1 heterocycles. The quantitative estimate of drug-likeness (QED) is 0.338. The lowest BCUT2D eigenvalue weighted by Gasteiger charge is -2.38. The third-order valence-electron chi connectivity index (χ3n) is 5.89. The Balaban J connectivity index is 1.84. The summed E-state index contributed by atoms with van der Waals surface area (Å²) in [5.74, 6) is -0.201. The number of allylic oxidation sites excluding steroid dienone is 2. The van der Waals surface area contributed by atoms with E-state index in [1.807, 2.05) is 30.5 Å². The molecule has 1 atom stereocenters. The number of thioether (sulfide) groups is 1.